The van der Waals surface area contributed by atoms with Crippen LogP contribution in [-0.4, -0.2) is 5.66 Å². The monoisotopic (exact) mass is 256 g/mol. The minimum atomic E-state index is -0.215. The number of benzene rings is 2. The third-order valence-corrected chi connectivity index (χ3v) is 6.55. The average Bonchev–Trinajstić information content (AvgIpc) is 2.46. The van der Waals surface area contributed by atoms with E-state index in [-0.39, 0.29) is 7.92 Å². The van der Waals surface area contributed by atoms with E-state index in [1.165, 1.54) is 23.5 Å². The Morgan fingerprint density at radius 3 is 1.44 bits per heavy atom. The Morgan fingerprint density at radius 2 is 1.11 bits per heavy atom. The molecule has 18 heavy (non-hydrogen) atoms. The molecule has 0 bridgehead atoms. The minimum Gasteiger partial charge on any atom is -0.0648 e. The van der Waals surface area contributed by atoms with Gasteiger partial charge < -0.3 is 0 Å². The first kappa shape index (κ1) is 13.3. The lowest BCUT2D eigenvalue weighted by Gasteiger charge is -2.26. The van der Waals surface area contributed by atoms with Crippen LogP contribution < -0.4 is 10.6 Å². The summed E-state index contributed by atoms with van der Waals surface area (Å²) in [6, 6.07) is 22.0. The fourth-order valence-corrected chi connectivity index (χ4v) is 5.26. The van der Waals surface area contributed by atoms with Crippen LogP contribution in [0.5, 0.6) is 0 Å². The topological polar surface area (TPSA) is 0 Å². The first-order valence-corrected chi connectivity index (χ1v) is 8.17. The molecule has 0 saturated heterocycles. The standard InChI is InChI=1S/C17H21P/c1-3-15(4-2)18(16-11-7-5-8-12-16)17-13-9-6-10-14-17/h5-15H,3-4H2,1-2H3. The van der Waals surface area contributed by atoms with Crippen molar-refractivity contribution in [2.75, 3.05) is 0 Å². The van der Waals surface area contributed by atoms with E-state index in [0.717, 1.165) is 5.66 Å². The van der Waals surface area contributed by atoms with Crippen LogP contribution in [0.15, 0.2) is 60.7 Å². The molecule has 0 radical (unpaired) electrons. The van der Waals surface area contributed by atoms with Crippen LogP contribution >= 0.6 is 7.92 Å². The summed E-state index contributed by atoms with van der Waals surface area (Å²) in [5, 5.41) is 3.01. The zero-order valence-electron chi connectivity index (χ0n) is 11.2. The lowest BCUT2D eigenvalue weighted by atomic mass is 10.3. The second-order valence-electron chi connectivity index (χ2n) is 4.51. The molecule has 0 N–H and O–H groups in total. The zero-order chi connectivity index (χ0) is 12.8. The molecule has 0 fully saturated rings. The van der Waals surface area contributed by atoms with Crippen LogP contribution in [-0.2, 0) is 0 Å². The molecule has 94 valence electrons. The van der Waals surface area contributed by atoms with E-state index in [1.54, 1.807) is 0 Å². The van der Waals surface area contributed by atoms with Crippen LogP contribution in [0.3, 0.4) is 0 Å². The largest absolute Gasteiger partial charge is 0.0648 e. The van der Waals surface area contributed by atoms with Crippen LogP contribution in [0.1, 0.15) is 26.7 Å². The van der Waals surface area contributed by atoms with E-state index >= 15 is 0 Å². The van der Waals surface area contributed by atoms with Crippen molar-refractivity contribution in [1.82, 2.24) is 0 Å². The second kappa shape index (κ2) is 6.71. The van der Waals surface area contributed by atoms with Gasteiger partial charge in [0.15, 0.2) is 0 Å². The SMILES string of the molecule is CCC(CC)P(c1ccccc1)c1ccccc1. The molecule has 0 heterocycles. The predicted octanol–water partition coefficient (Wildman–Crippen LogP) is 4.31. The zero-order valence-corrected chi connectivity index (χ0v) is 12.1. The summed E-state index contributed by atoms with van der Waals surface area (Å²) < 4.78 is 0. The van der Waals surface area contributed by atoms with Gasteiger partial charge in [0.25, 0.3) is 0 Å². The van der Waals surface area contributed by atoms with Crippen molar-refractivity contribution in [3.05, 3.63) is 60.7 Å². The summed E-state index contributed by atoms with van der Waals surface area (Å²) in [4.78, 5) is 0. The molecule has 0 saturated carbocycles. The van der Waals surface area contributed by atoms with Gasteiger partial charge in [-0.15, -0.1) is 0 Å². The Balaban J connectivity index is 2.41. The van der Waals surface area contributed by atoms with Gasteiger partial charge >= 0.3 is 0 Å². The van der Waals surface area contributed by atoms with E-state index in [2.05, 4.69) is 74.5 Å². The summed E-state index contributed by atoms with van der Waals surface area (Å²) in [5.74, 6) is 0. The van der Waals surface area contributed by atoms with E-state index in [9.17, 15) is 0 Å². The highest BCUT2D eigenvalue weighted by atomic mass is 31.1. The molecule has 0 nitrogen and oxygen atoms in total. The molecular weight excluding hydrogens is 235 g/mol. The third-order valence-electron chi connectivity index (χ3n) is 3.38. The van der Waals surface area contributed by atoms with Crippen molar-refractivity contribution in [2.45, 2.75) is 32.3 Å². The van der Waals surface area contributed by atoms with Gasteiger partial charge in [-0.05, 0) is 37.0 Å². The molecular formula is C17H21P. The Kier molecular flexibility index (Phi) is 4.96. The first-order valence-electron chi connectivity index (χ1n) is 6.76. The third kappa shape index (κ3) is 3.00. The van der Waals surface area contributed by atoms with Gasteiger partial charge in [0.1, 0.15) is 0 Å². The van der Waals surface area contributed by atoms with Gasteiger partial charge in [-0.3, -0.25) is 0 Å². The molecule has 0 aliphatic carbocycles. The van der Waals surface area contributed by atoms with Crippen LogP contribution in [0.2, 0.25) is 0 Å². The number of rotatable bonds is 5. The smallest absolute Gasteiger partial charge is 0.0134 e. The highest BCUT2D eigenvalue weighted by molar-refractivity contribution is 7.73. The molecule has 0 aromatic heterocycles. The van der Waals surface area contributed by atoms with E-state index in [4.69, 9.17) is 0 Å². The Bertz CT molecular complexity index is 406. The summed E-state index contributed by atoms with van der Waals surface area (Å²) in [5.41, 5.74) is 0.782. The molecule has 0 aliphatic heterocycles. The normalized spacial score (nSPS) is 11.1. The molecule has 2 rings (SSSR count). The van der Waals surface area contributed by atoms with Gasteiger partial charge in [0.05, 0.1) is 0 Å². The number of hydrogen-bond acceptors (Lipinski definition) is 0. The second-order valence-corrected chi connectivity index (χ2v) is 7.01. The highest BCUT2D eigenvalue weighted by Crippen LogP contribution is 2.42. The molecule has 0 unspecified atom stereocenters. The maximum Gasteiger partial charge on any atom is -0.0134 e. The molecule has 0 amide bonds. The summed E-state index contributed by atoms with van der Waals surface area (Å²) in [6.45, 7) is 4.63. The van der Waals surface area contributed by atoms with Crippen molar-refractivity contribution in [2.24, 2.45) is 0 Å². The van der Waals surface area contributed by atoms with Crippen LogP contribution in [0.4, 0.5) is 0 Å². The molecule has 2 aromatic rings. The quantitative estimate of drug-likeness (QED) is 0.699. The lowest BCUT2D eigenvalue weighted by molar-refractivity contribution is 0.786. The average molecular weight is 256 g/mol. The van der Waals surface area contributed by atoms with Crippen LogP contribution in [0.25, 0.3) is 0 Å². The molecule has 0 spiro atoms. The Morgan fingerprint density at radius 1 is 0.722 bits per heavy atom. The number of hydrogen-bond donors (Lipinski definition) is 0. The van der Waals surface area contributed by atoms with Crippen molar-refractivity contribution < 1.29 is 0 Å². The van der Waals surface area contributed by atoms with Gasteiger partial charge in [-0.2, -0.15) is 0 Å². The fraction of sp³-hybridized carbons (Fsp3) is 0.294. The van der Waals surface area contributed by atoms with Gasteiger partial charge in [0.2, 0.25) is 0 Å². The fourth-order valence-electron chi connectivity index (χ4n) is 2.40. The molecule has 1 heteroatoms. The van der Waals surface area contributed by atoms with Gasteiger partial charge in [-0.1, -0.05) is 74.5 Å². The van der Waals surface area contributed by atoms with Gasteiger partial charge in [0, 0.05) is 0 Å². The maximum absolute atomic E-state index is 2.31. The minimum absolute atomic E-state index is 0.215. The summed E-state index contributed by atoms with van der Waals surface area (Å²) in [7, 11) is -0.215. The maximum atomic E-state index is 2.31. The molecule has 0 aliphatic rings. The first-order chi connectivity index (χ1) is 8.86. The van der Waals surface area contributed by atoms with Crippen molar-refractivity contribution in [1.29, 1.82) is 0 Å². The molecule has 0 atom stereocenters. The summed E-state index contributed by atoms with van der Waals surface area (Å²) in [6.07, 6.45) is 2.51. The van der Waals surface area contributed by atoms with Crippen LogP contribution in [0, 0.1) is 0 Å². The van der Waals surface area contributed by atoms with Gasteiger partial charge in [-0.25, -0.2) is 0 Å². The van der Waals surface area contributed by atoms with E-state index in [1.807, 2.05) is 0 Å². The lowest BCUT2D eigenvalue weighted by Crippen LogP contribution is -2.20. The van der Waals surface area contributed by atoms with E-state index < -0.39 is 0 Å². The van der Waals surface area contributed by atoms with Crippen molar-refractivity contribution >= 4 is 18.5 Å². The highest BCUT2D eigenvalue weighted by Gasteiger charge is 2.21. The Labute approximate surface area is 112 Å². The summed E-state index contributed by atoms with van der Waals surface area (Å²) >= 11 is 0. The van der Waals surface area contributed by atoms with Crippen molar-refractivity contribution in [3.63, 3.8) is 0 Å². The van der Waals surface area contributed by atoms with Crippen molar-refractivity contribution in [3.8, 4) is 0 Å². The Hall–Kier alpha value is -1.13. The van der Waals surface area contributed by atoms with E-state index in [0.29, 0.717) is 0 Å². The molecule has 2 aromatic carbocycles. The predicted molar refractivity (Wildman–Crippen MR) is 83.4 cm³/mol.